The van der Waals surface area contributed by atoms with E-state index in [1.54, 1.807) is 37.3 Å². The molecule has 0 aliphatic rings. The van der Waals surface area contributed by atoms with Crippen LogP contribution in [0.1, 0.15) is 10.4 Å². The van der Waals surface area contributed by atoms with Crippen molar-refractivity contribution in [1.29, 1.82) is 0 Å². The van der Waals surface area contributed by atoms with Crippen LogP contribution in [0.5, 0.6) is 11.5 Å². The maximum Gasteiger partial charge on any atom is 0.257 e. The average Bonchev–Trinajstić information content (AvgIpc) is 2.53. The smallest absolute Gasteiger partial charge is 0.257 e. The van der Waals surface area contributed by atoms with Crippen molar-refractivity contribution in [1.82, 2.24) is 9.80 Å². The molecular formula is C16H26N2O4. The van der Waals surface area contributed by atoms with Crippen LogP contribution in [0.4, 0.5) is 0 Å². The van der Waals surface area contributed by atoms with Gasteiger partial charge in [0.05, 0.1) is 26.4 Å². The number of carbonyl (C=O) groups is 1. The lowest BCUT2D eigenvalue weighted by Crippen LogP contribution is -2.38. The van der Waals surface area contributed by atoms with E-state index in [9.17, 15) is 4.79 Å². The predicted octanol–water partition coefficient (Wildman–Crippen LogP) is 1.35. The zero-order valence-corrected chi connectivity index (χ0v) is 14.1. The quantitative estimate of drug-likeness (QED) is 0.689. The van der Waals surface area contributed by atoms with E-state index < -0.39 is 0 Å². The maximum absolute atomic E-state index is 12.8. The molecule has 0 unspecified atom stereocenters. The third-order valence-electron chi connectivity index (χ3n) is 3.30. The molecule has 1 amide bonds. The lowest BCUT2D eigenvalue weighted by atomic mass is 10.1. The van der Waals surface area contributed by atoms with E-state index in [2.05, 4.69) is 0 Å². The molecule has 0 aliphatic heterocycles. The zero-order valence-electron chi connectivity index (χ0n) is 14.1. The second-order valence-electron chi connectivity index (χ2n) is 5.13. The van der Waals surface area contributed by atoms with Crippen LogP contribution in [-0.4, -0.2) is 77.4 Å². The number of para-hydroxylation sites is 1. The number of benzene rings is 1. The molecule has 6 heteroatoms. The van der Waals surface area contributed by atoms with Gasteiger partial charge in [-0.2, -0.15) is 0 Å². The lowest BCUT2D eigenvalue weighted by Gasteiger charge is -2.25. The second-order valence-corrected chi connectivity index (χ2v) is 5.13. The van der Waals surface area contributed by atoms with Crippen molar-refractivity contribution < 1.29 is 19.0 Å². The largest absolute Gasteiger partial charge is 0.493 e. The minimum atomic E-state index is -0.0883. The molecule has 1 aromatic rings. The van der Waals surface area contributed by atoms with E-state index in [1.807, 2.05) is 19.0 Å². The molecule has 0 heterocycles. The van der Waals surface area contributed by atoms with Gasteiger partial charge in [-0.3, -0.25) is 4.79 Å². The maximum atomic E-state index is 12.8. The highest BCUT2D eigenvalue weighted by Gasteiger charge is 2.21. The van der Waals surface area contributed by atoms with Gasteiger partial charge in [-0.25, -0.2) is 0 Å². The summed E-state index contributed by atoms with van der Waals surface area (Å²) in [5, 5.41) is 0. The fraction of sp³-hybridized carbons (Fsp3) is 0.562. The molecule has 0 N–H and O–H groups in total. The lowest BCUT2D eigenvalue weighted by molar-refractivity contribution is 0.0679. The summed E-state index contributed by atoms with van der Waals surface area (Å²) >= 11 is 0. The van der Waals surface area contributed by atoms with Crippen LogP contribution >= 0.6 is 0 Å². The molecular weight excluding hydrogens is 284 g/mol. The highest BCUT2D eigenvalue weighted by molar-refractivity contribution is 5.97. The molecule has 0 fully saturated rings. The minimum absolute atomic E-state index is 0.0883. The summed E-state index contributed by atoms with van der Waals surface area (Å²) in [6, 6.07) is 5.31. The Morgan fingerprint density at radius 1 is 1.05 bits per heavy atom. The Kier molecular flexibility index (Phi) is 7.70. The van der Waals surface area contributed by atoms with Gasteiger partial charge in [0.25, 0.3) is 5.91 Å². The first-order valence-corrected chi connectivity index (χ1v) is 7.19. The summed E-state index contributed by atoms with van der Waals surface area (Å²) < 4.78 is 15.7. The fourth-order valence-corrected chi connectivity index (χ4v) is 2.06. The van der Waals surface area contributed by atoms with Crippen molar-refractivity contribution in [2.24, 2.45) is 0 Å². The molecule has 1 rings (SSSR count). The summed E-state index contributed by atoms with van der Waals surface area (Å²) in [5.74, 6) is 0.921. The summed E-state index contributed by atoms with van der Waals surface area (Å²) in [4.78, 5) is 16.6. The molecule has 0 atom stereocenters. The number of carbonyl (C=O) groups excluding carboxylic acids is 1. The highest BCUT2D eigenvalue weighted by Crippen LogP contribution is 2.31. The first kappa shape index (κ1) is 18.3. The molecule has 0 aromatic heterocycles. The van der Waals surface area contributed by atoms with Crippen molar-refractivity contribution in [2.45, 2.75) is 0 Å². The van der Waals surface area contributed by atoms with Gasteiger partial charge in [0.1, 0.15) is 0 Å². The Bertz CT molecular complexity index is 477. The van der Waals surface area contributed by atoms with Crippen LogP contribution in [-0.2, 0) is 4.74 Å². The van der Waals surface area contributed by atoms with Gasteiger partial charge in [0, 0.05) is 26.7 Å². The SMILES string of the molecule is COCCN(CCN(C)C)C(=O)c1cccc(OC)c1OC. The molecule has 6 nitrogen and oxygen atoms in total. The van der Waals surface area contributed by atoms with Crippen LogP contribution in [0.3, 0.4) is 0 Å². The van der Waals surface area contributed by atoms with E-state index in [0.29, 0.717) is 36.8 Å². The summed E-state index contributed by atoms with van der Waals surface area (Å²) in [7, 11) is 8.67. The minimum Gasteiger partial charge on any atom is -0.493 e. The normalized spacial score (nSPS) is 10.6. The highest BCUT2D eigenvalue weighted by atomic mass is 16.5. The molecule has 0 spiro atoms. The van der Waals surface area contributed by atoms with Gasteiger partial charge in [-0.05, 0) is 26.2 Å². The summed E-state index contributed by atoms with van der Waals surface area (Å²) in [5.41, 5.74) is 0.497. The molecule has 22 heavy (non-hydrogen) atoms. The van der Waals surface area contributed by atoms with E-state index >= 15 is 0 Å². The number of likely N-dealkylation sites (N-methyl/N-ethyl adjacent to an activating group) is 1. The third kappa shape index (κ3) is 4.89. The zero-order chi connectivity index (χ0) is 16.5. The van der Waals surface area contributed by atoms with Gasteiger partial charge >= 0.3 is 0 Å². The van der Waals surface area contributed by atoms with E-state index in [4.69, 9.17) is 14.2 Å². The number of rotatable bonds is 9. The first-order valence-electron chi connectivity index (χ1n) is 7.19. The standard InChI is InChI=1S/C16H26N2O4/c1-17(2)9-10-18(11-12-20-3)16(19)13-7-6-8-14(21-4)15(13)22-5/h6-8H,9-12H2,1-5H3. The monoisotopic (exact) mass is 310 g/mol. The van der Waals surface area contributed by atoms with Gasteiger partial charge in [0.2, 0.25) is 0 Å². The van der Waals surface area contributed by atoms with Crippen LogP contribution in [0.25, 0.3) is 0 Å². The van der Waals surface area contributed by atoms with Gasteiger partial charge < -0.3 is 24.0 Å². The van der Waals surface area contributed by atoms with Crippen LogP contribution in [0, 0.1) is 0 Å². The van der Waals surface area contributed by atoms with Crippen molar-refractivity contribution in [2.75, 3.05) is 61.7 Å². The molecule has 0 saturated heterocycles. The Morgan fingerprint density at radius 3 is 2.32 bits per heavy atom. The van der Waals surface area contributed by atoms with Crippen molar-refractivity contribution in [3.05, 3.63) is 23.8 Å². The number of ether oxygens (including phenoxy) is 3. The van der Waals surface area contributed by atoms with Crippen molar-refractivity contribution >= 4 is 5.91 Å². The number of amides is 1. The van der Waals surface area contributed by atoms with Crippen molar-refractivity contribution in [3.8, 4) is 11.5 Å². The first-order chi connectivity index (χ1) is 10.5. The Hall–Kier alpha value is -1.79. The average molecular weight is 310 g/mol. The Labute approximate surface area is 132 Å². The number of methoxy groups -OCH3 is 3. The van der Waals surface area contributed by atoms with Crippen LogP contribution in [0.15, 0.2) is 18.2 Å². The fourth-order valence-electron chi connectivity index (χ4n) is 2.06. The number of hydrogen-bond donors (Lipinski definition) is 0. The van der Waals surface area contributed by atoms with E-state index in [-0.39, 0.29) is 5.91 Å². The summed E-state index contributed by atoms with van der Waals surface area (Å²) in [6.07, 6.45) is 0. The number of nitrogens with zero attached hydrogens (tertiary/aromatic N) is 2. The second kappa shape index (κ2) is 9.27. The van der Waals surface area contributed by atoms with Crippen molar-refractivity contribution in [3.63, 3.8) is 0 Å². The topological polar surface area (TPSA) is 51.2 Å². The van der Waals surface area contributed by atoms with Gasteiger partial charge in [0.15, 0.2) is 11.5 Å². The van der Waals surface area contributed by atoms with Crippen LogP contribution < -0.4 is 9.47 Å². The molecule has 0 radical (unpaired) electrons. The molecule has 1 aromatic carbocycles. The van der Waals surface area contributed by atoms with Gasteiger partial charge in [-0.15, -0.1) is 0 Å². The molecule has 0 saturated carbocycles. The van der Waals surface area contributed by atoms with Crippen LogP contribution in [0.2, 0.25) is 0 Å². The third-order valence-corrected chi connectivity index (χ3v) is 3.30. The Morgan fingerprint density at radius 2 is 1.77 bits per heavy atom. The van der Waals surface area contributed by atoms with E-state index in [0.717, 1.165) is 6.54 Å². The number of hydrogen-bond acceptors (Lipinski definition) is 5. The molecule has 0 bridgehead atoms. The van der Waals surface area contributed by atoms with E-state index in [1.165, 1.54) is 7.11 Å². The molecule has 124 valence electrons. The Balaban J connectivity index is 3.01. The predicted molar refractivity (Wildman–Crippen MR) is 85.9 cm³/mol. The summed E-state index contributed by atoms with van der Waals surface area (Å²) in [6.45, 7) is 2.42. The van der Waals surface area contributed by atoms with Gasteiger partial charge in [-0.1, -0.05) is 6.07 Å². The molecule has 0 aliphatic carbocycles.